The molecule has 106 valence electrons. The minimum atomic E-state index is -1.17. The van der Waals surface area contributed by atoms with E-state index in [4.69, 9.17) is 0 Å². The van der Waals surface area contributed by atoms with Crippen molar-refractivity contribution in [1.29, 1.82) is 0 Å². The summed E-state index contributed by atoms with van der Waals surface area (Å²) in [6.07, 6.45) is 6.88. The predicted octanol–water partition coefficient (Wildman–Crippen LogP) is 3.45. The molecule has 3 nitrogen and oxygen atoms in total. The van der Waals surface area contributed by atoms with Gasteiger partial charge in [-0.25, -0.2) is 4.39 Å². The maximum absolute atomic E-state index is 12.8. The highest BCUT2D eigenvalue weighted by molar-refractivity contribution is 7.84. The summed E-state index contributed by atoms with van der Waals surface area (Å²) < 4.78 is 27.0. The van der Waals surface area contributed by atoms with Gasteiger partial charge in [0, 0.05) is 11.1 Å². The lowest BCUT2D eigenvalue weighted by atomic mass is 10.3. The summed E-state index contributed by atoms with van der Waals surface area (Å²) in [5.74, 6) is 0.0713. The molecule has 1 heterocycles. The Morgan fingerprint density at radius 3 is 2.60 bits per heavy atom. The zero-order chi connectivity index (χ0) is 13.9. The number of halogens is 1. The van der Waals surface area contributed by atoms with Gasteiger partial charge in [-0.2, -0.15) is 5.10 Å². The second-order valence-corrected chi connectivity index (χ2v) is 6.62. The number of aromatic nitrogens is 2. The molecule has 0 amide bonds. The first-order valence-corrected chi connectivity index (χ1v) is 8.22. The second kappa shape index (κ2) is 5.87. The summed E-state index contributed by atoms with van der Waals surface area (Å²) >= 11 is 0. The molecular formula is C15H17FN2OS. The summed E-state index contributed by atoms with van der Waals surface area (Å²) in [6.45, 7) is 0. The van der Waals surface area contributed by atoms with Crippen molar-refractivity contribution in [1.82, 2.24) is 9.78 Å². The average Bonchev–Trinajstić information content (AvgIpc) is 3.09. The van der Waals surface area contributed by atoms with Crippen molar-refractivity contribution >= 4 is 10.8 Å². The van der Waals surface area contributed by atoms with E-state index in [0.717, 1.165) is 5.69 Å². The fourth-order valence-corrected chi connectivity index (χ4v) is 3.66. The molecule has 2 aromatic rings. The summed E-state index contributed by atoms with van der Waals surface area (Å²) in [4.78, 5) is 0.641. The topological polar surface area (TPSA) is 34.9 Å². The molecule has 1 aromatic heterocycles. The third kappa shape index (κ3) is 2.98. The van der Waals surface area contributed by atoms with Gasteiger partial charge in [0.2, 0.25) is 0 Å². The van der Waals surface area contributed by atoms with Crippen molar-refractivity contribution in [2.24, 2.45) is 0 Å². The molecule has 0 spiro atoms. The van der Waals surface area contributed by atoms with Crippen LogP contribution in [0.4, 0.5) is 4.39 Å². The molecule has 0 bridgehead atoms. The van der Waals surface area contributed by atoms with Crippen LogP contribution in [-0.2, 0) is 16.6 Å². The van der Waals surface area contributed by atoms with E-state index >= 15 is 0 Å². The first-order chi connectivity index (χ1) is 9.72. The molecule has 1 saturated carbocycles. The zero-order valence-corrected chi connectivity index (χ0v) is 12.0. The van der Waals surface area contributed by atoms with E-state index in [9.17, 15) is 8.60 Å². The summed E-state index contributed by atoms with van der Waals surface area (Å²) in [7, 11) is -1.17. The Morgan fingerprint density at radius 2 is 1.90 bits per heavy atom. The van der Waals surface area contributed by atoms with E-state index in [0.29, 0.717) is 16.7 Å². The van der Waals surface area contributed by atoms with E-state index in [1.807, 2.05) is 16.9 Å². The molecule has 20 heavy (non-hydrogen) atoms. The van der Waals surface area contributed by atoms with Crippen molar-refractivity contribution in [2.45, 2.75) is 42.4 Å². The molecule has 1 aliphatic rings. The second-order valence-electron chi connectivity index (χ2n) is 5.17. The molecule has 5 heteroatoms. The van der Waals surface area contributed by atoms with Gasteiger partial charge in [0.05, 0.1) is 28.3 Å². The Hall–Kier alpha value is -1.49. The SMILES string of the molecule is O=S(Cc1ccn(C2CCCC2)n1)c1ccc(F)cc1. The van der Waals surface area contributed by atoms with Gasteiger partial charge in [-0.1, -0.05) is 12.8 Å². The third-order valence-electron chi connectivity index (χ3n) is 3.72. The Kier molecular flexibility index (Phi) is 3.96. The van der Waals surface area contributed by atoms with Crippen molar-refractivity contribution in [2.75, 3.05) is 0 Å². The lowest BCUT2D eigenvalue weighted by molar-refractivity contribution is 0.464. The molecule has 3 rings (SSSR count). The van der Waals surface area contributed by atoms with Gasteiger partial charge in [-0.05, 0) is 43.2 Å². The molecule has 1 fully saturated rings. The van der Waals surface area contributed by atoms with Crippen LogP contribution in [0.3, 0.4) is 0 Å². The van der Waals surface area contributed by atoms with E-state index in [2.05, 4.69) is 5.10 Å². The normalized spacial score (nSPS) is 17.4. The first-order valence-electron chi connectivity index (χ1n) is 6.90. The van der Waals surface area contributed by atoms with Crippen LogP contribution in [0.2, 0.25) is 0 Å². The quantitative estimate of drug-likeness (QED) is 0.865. The monoisotopic (exact) mass is 292 g/mol. The highest BCUT2D eigenvalue weighted by atomic mass is 32.2. The smallest absolute Gasteiger partial charge is 0.123 e. The molecule has 1 atom stereocenters. The van der Waals surface area contributed by atoms with Crippen molar-refractivity contribution in [3.8, 4) is 0 Å². The van der Waals surface area contributed by atoms with Gasteiger partial charge in [-0.15, -0.1) is 0 Å². The van der Waals surface area contributed by atoms with Gasteiger partial charge >= 0.3 is 0 Å². The highest BCUT2D eigenvalue weighted by Gasteiger charge is 2.18. The van der Waals surface area contributed by atoms with E-state index in [-0.39, 0.29) is 5.82 Å². The molecule has 0 saturated heterocycles. The Bertz CT molecular complexity index is 603. The molecule has 1 aliphatic carbocycles. The number of hydrogen-bond donors (Lipinski definition) is 0. The molecule has 0 N–H and O–H groups in total. The minimum Gasteiger partial charge on any atom is -0.269 e. The Morgan fingerprint density at radius 1 is 1.20 bits per heavy atom. The van der Waals surface area contributed by atoms with Crippen LogP contribution in [-0.4, -0.2) is 14.0 Å². The number of nitrogens with zero attached hydrogens (tertiary/aromatic N) is 2. The maximum atomic E-state index is 12.8. The zero-order valence-electron chi connectivity index (χ0n) is 11.2. The molecule has 0 aliphatic heterocycles. The minimum absolute atomic E-state index is 0.309. The van der Waals surface area contributed by atoms with Gasteiger partial charge in [0.25, 0.3) is 0 Å². The number of rotatable bonds is 4. The fourth-order valence-electron chi connectivity index (χ4n) is 2.63. The van der Waals surface area contributed by atoms with Crippen molar-refractivity contribution < 1.29 is 8.60 Å². The van der Waals surface area contributed by atoms with Crippen LogP contribution in [0, 0.1) is 5.82 Å². The van der Waals surface area contributed by atoms with Crippen LogP contribution >= 0.6 is 0 Å². The highest BCUT2D eigenvalue weighted by Crippen LogP contribution is 2.28. The predicted molar refractivity (Wildman–Crippen MR) is 76.2 cm³/mol. The number of hydrogen-bond acceptors (Lipinski definition) is 2. The fraction of sp³-hybridized carbons (Fsp3) is 0.400. The van der Waals surface area contributed by atoms with Gasteiger partial charge in [-0.3, -0.25) is 8.89 Å². The lowest BCUT2D eigenvalue weighted by Gasteiger charge is -2.08. The van der Waals surface area contributed by atoms with Crippen LogP contribution < -0.4 is 0 Å². The number of benzene rings is 1. The van der Waals surface area contributed by atoms with Crippen molar-refractivity contribution in [3.05, 3.63) is 48.0 Å². The molecule has 0 radical (unpaired) electrons. The largest absolute Gasteiger partial charge is 0.269 e. The van der Waals surface area contributed by atoms with Gasteiger partial charge < -0.3 is 0 Å². The Balaban J connectivity index is 1.68. The van der Waals surface area contributed by atoms with Crippen LogP contribution in [0.5, 0.6) is 0 Å². The van der Waals surface area contributed by atoms with Crippen molar-refractivity contribution in [3.63, 3.8) is 0 Å². The lowest BCUT2D eigenvalue weighted by Crippen LogP contribution is -2.06. The summed E-state index contributed by atoms with van der Waals surface area (Å²) in [6, 6.07) is 8.25. The first kappa shape index (κ1) is 13.5. The van der Waals surface area contributed by atoms with Gasteiger partial charge in [0.1, 0.15) is 5.82 Å². The molecule has 1 unspecified atom stereocenters. The molecular weight excluding hydrogens is 275 g/mol. The van der Waals surface area contributed by atoms with Crippen LogP contribution in [0.25, 0.3) is 0 Å². The maximum Gasteiger partial charge on any atom is 0.123 e. The van der Waals surface area contributed by atoms with Crippen LogP contribution in [0.15, 0.2) is 41.4 Å². The van der Waals surface area contributed by atoms with E-state index in [1.165, 1.54) is 37.8 Å². The van der Waals surface area contributed by atoms with Crippen LogP contribution in [0.1, 0.15) is 37.4 Å². The standard InChI is InChI=1S/C15H17FN2OS/c16-12-5-7-15(8-6-12)20(19)11-13-9-10-18(17-13)14-3-1-2-4-14/h5-10,14H,1-4,11H2. The summed E-state index contributed by atoms with van der Waals surface area (Å²) in [5.41, 5.74) is 0.833. The third-order valence-corrected chi connectivity index (χ3v) is 5.07. The Labute approximate surface area is 120 Å². The summed E-state index contributed by atoms with van der Waals surface area (Å²) in [5, 5.41) is 4.52. The molecule has 1 aromatic carbocycles. The van der Waals surface area contributed by atoms with Gasteiger partial charge in [0.15, 0.2) is 0 Å². The van der Waals surface area contributed by atoms with E-state index in [1.54, 1.807) is 12.1 Å². The average molecular weight is 292 g/mol. The van der Waals surface area contributed by atoms with E-state index < -0.39 is 10.8 Å².